The Balaban J connectivity index is 2.16. The highest BCUT2D eigenvalue weighted by molar-refractivity contribution is 7.09. The van der Waals surface area contributed by atoms with E-state index in [0.717, 1.165) is 5.01 Å². The monoisotopic (exact) mass is 283 g/mol. The van der Waals surface area contributed by atoms with Crippen molar-refractivity contribution in [2.75, 3.05) is 0 Å². The van der Waals surface area contributed by atoms with Crippen LogP contribution < -0.4 is 0 Å². The number of carboxylic acids is 1. The first-order chi connectivity index (χ1) is 8.54. The molecule has 2 rings (SSSR count). The second-order valence-electron chi connectivity index (χ2n) is 3.75. The van der Waals surface area contributed by atoms with Crippen LogP contribution in [0.4, 0.5) is 0 Å². The number of rotatable bonds is 4. The number of phenols is 1. The average molecular weight is 284 g/mol. The zero-order valence-corrected chi connectivity index (χ0v) is 10.8. The molecule has 1 aromatic heterocycles. The van der Waals surface area contributed by atoms with Gasteiger partial charge in [0.1, 0.15) is 5.75 Å². The summed E-state index contributed by atoms with van der Waals surface area (Å²) in [7, 11) is 0. The number of carboxylic acid groups (broad SMARTS) is 1. The van der Waals surface area contributed by atoms with Crippen LogP contribution in [0.2, 0.25) is 5.02 Å². The minimum Gasteiger partial charge on any atom is -0.508 e. The molecule has 0 saturated heterocycles. The highest BCUT2D eigenvalue weighted by atomic mass is 35.5. The third-order valence-electron chi connectivity index (χ3n) is 2.31. The molecule has 0 radical (unpaired) electrons. The molecular weight excluding hydrogens is 274 g/mol. The Morgan fingerprint density at radius 2 is 2.22 bits per heavy atom. The van der Waals surface area contributed by atoms with E-state index >= 15 is 0 Å². The van der Waals surface area contributed by atoms with Crippen molar-refractivity contribution in [3.05, 3.63) is 44.9 Å². The first-order valence-electron chi connectivity index (χ1n) is 5.17. The number of nitrogens with zero attached hydrogens (tertiary/aromatic N) is 1. The van der Waals surface area contributed by atoms with Gasteiger partial charge in [0.05, 0.1) is 17.1 Å². The molecule has 0 saturated carbocycles. The fourth-order valence-corrected chi connectivity index (χ4v) is 2.54. The number of hydrogen-bond acceptors (Lipinski definition) is 4. The standard InChI is InChI=1S/C12H10ClNO3S/c13-8-1-2-10(15)7(3-8)4-11-14-9(6-18-11)5-12(16)17/h1-3,6,15H,4-5H2,(H,16,17). The van der Waals surface area contributed by atoms with Gasteiger partial charge in [0.25, 0.3) is 0 Å². The van der Waals surface area contributed by atoms with Crippen LogP contribution in [0.25, 0.3) is 0 Å². The summed E-state index contributed by atoms with van der Waals surface area (Å²) in [5, 5.41) is 21.3. The predicted octanol–water partition coefficient (Wildman–Crippen LogP) is 2.72. The van der Waals surface area contributed by atoms with Crippen LogP contribution in [0, 0.1) is 0 Å². The van der Waals surface area contributed by atoms with Crippen molar-refractivity contribution in [3.8, 4) is 5.75 Å². The van der Waals surface area contributed by atoms with E-state index in [1.807, 2.05) is 0 Å². The quantitative estimate of drug-likeness (QED) is 0.905. The van der Waals surface area contributed by atoms with E-state index in [9.17, 15) is 9.90 Å². The van der Waals surface area contributed by atoms with Crippen molar-refractivity contribution < 1.29 is 15.0 Å². The second-order valence-corrected chi connectivity index (χ2v) is 5.13. The first kappa shape index (κ1) is 12.9. The zero-order valence-electron chi connectivity index (χ0n) is 9.26. The minimum atomic E-state index is -0.905. The lowest BCUT2D eigenvalue weighted by Gasteiger charge is -2.02. The number of aromatic nitrogens is 1. The maximum Gasteiger partial charge on any atom is 0.309 e. The Morgan fingerprint density at radius 1 is 1.44 bits per heavy atom. The van der Waals surface area contributed by atoms with Gasteiger partial charge in [-0.05, 0) is 18.2 Å². The molecule has 18 heavy (non-hydrogen) atoms. The van der Waals surface area contributed by atoms with Gasteiger partial charge in [-0.25, -0.2) is 4.98 Å². The van der Waals surface area contributed by atoms with Gasteiger partial charge in [-0.15, -0.1) is 11.3 Å². The summed E-state index contributed by atoms with van der Waals surface area (Å²) < 4.78 is 0. The molecule has 0 unspecified atom stereocenters. The van der Waals surface area contributed by atoms with Crippen molar-refractivity contribution in [2.24, 2.45) is 0 Å². The Kier molecular flexibility index (Phi) is 3.84. The molecule has 0 atom stereocenters. The molecule has 0 amide bonds. The summed E-state index contributed by atoms with van der Waals surface area (Å²) in [5.74, 6) is -0.744. The number of halogens is 1. The summed E-state index contributed by atoms with van der Waals surface area (Å²) in [4.78, 5) is 14.7. The van der Waals surface area contributed by atoms with Crippen LogP contribution in [0.5, 0.6) is 5.75 Å². The van der Waals surface area contributed by atoms with Crippen LogP contribution in [-0.2, 0) is 17.6 Å². The summed E-state index contributed by atoms with van der Waals surface area (Å²) in [6, 6.07) is 4.82. The predicted molar refractivity (Wildman–Crippen MR) is 69.4 cm³/mol. The summed E-state index contributed by atoms with van der Waals surface area (Å²) in [6.07, 6.45) is 0.356. The van der Waals surface area contributed by atoms with Gasteiger partial charge in [0.2, 0.25) is 0 Å². The lowest BCUT2D eigenvalue weighted by Crippen LogP contribution is -2.00. The third kappa shape index (κ3) is 3.21. The van der Waals surface area contributed by atoms with Gasteiger partial charge in [-0.1, -0.05) is 11.6 Å². The molecule has 0 bridgehead atoms. The molecule has 6 heteroatoms. The normalized spacial score (nSPS) is 10.5. The van der Waals surface area contributed by atoms with Gasteiger partial charge < -0.3 is 10.2 Å². The maximum atomic E-state index is 10.5. The Hall–Kier alpha value is -1.59. The van der Waals surface area contributed by atoms with Crippen molar-refractivity contribution in [3.63, 3.8) is 0 Å². The fraction of sp³-hybridized carbons (Fsp3) is 0.167. The molecule has 0 spiro atoms. The number of carbonyl (C=O) groups is 1. The molecule has 0 aliphatic carbocycles. The Labute approximate surface area is 112 Å². The molecule has 0 aliphatic rings. The van der Waals surface area contributed by atoms with Crippen LogP contribution in [-0.4, -0.2) is 21.2 Å². The van der Waals surface area contributed by atoms with E-state index in [4.69, 9.17) is 16.7 Å². The largest absolute Gasteiger partial charge is 0.508 e. The van der Waals surface area contributed by atoms with Crippen LogP contribution in [0.1, 0.15) is 16.3 Å². The number of aromatic hydroxyl groups is 1. The van der Waals surface area contributed by atoms with E-state index in [0.29, 0.717) is 22.7 Å². The van der Waals surface area contributed by atoms with Crippen molar-refractivity contribution in [1.82, 2.24) is 4.98 Å². The number of aliphatic carboxylic acids is 1. The molecule has 0 fully saturated rings. The van der Waals surface area contributed by atoms with E-state index in [1.165, 1.54) is 17.4 Å². The number of hydrogen-bond donors (Lipinski definition) is 2. The lowest BCUT2D eigenvalue weighted by molar-refractivity contribution is -0.136. The Morgan fingerprint density at radius 3 is 2.94 bits per heavy atom. The number of benzene rings is 1. The number of phenolic OH excluding ortho intramolecular Hbond substituents is 1. The maximum absolute atomic E-state index is 10.5. The second kappa shape index (κ2) is 5.37. The molecule has 0 aliphatic heterocycles. The first-order valence-corrected chi connectivity index (χ1v) is 6.43. The third-order valence-corrected chi connectivity index (χ3v) is 3.45. The van der Waals surface area contributed by atoms with Gasteiger partial charge in [-0.2, -0.15) is 0 Å². The van der Waals surface area contributed by atoms with Gasteiger partial charge in [0, 0.05) is 22.4 Å². The van der Waals surface area contributed by atoms with E-state index < -0.39 is 5.97 Å². The van der Waals surface area contributed by atoms with E-state index in [1.54, 1.807) is 17.5 Å². The zero-order chi connectivity index (χ0) is 13.1. The topological polar surface area (TPSA) is 70.4 Å². The van der Waals surface area contributed by atoms with Gasteiger partial charge in [-0.3, -0.25) is 4.79 Å². The highest BCUT2D eigenvalue weighted by Gasteiger charge is 2.09. The van der Waals surface area contributed by atoms with Gasteiger partial charge >= 0.3 is 5.97 Å². The number of thiazole rings is 1. The average Bonchev–Trinajstić information content (AvgIpc) is 2.70. The molecule has 1 heterocycles. The summed E-state index contributed by atoms with van der Waals surface area (Å²) in [5.41, 5.74) is 1.21. The van der Waals surface area contributed by atoms with E-state index in [-0.39, 0.29) is 12.2 Å². The molecule has 1 aromatic carbocycles. The molecule has 94 valence electrons. The molecular formula is C12H10ClNO3S. The van der Waals surface area contributed by atoms with Gasteiger partial charge in [0.15, 0.2) is 0 Å². The van der Waals surface area contributed by atoms with Crippen molar-refractivity contribution in [1.29, 1.82) is 0 Å². The SMILES string of the molecule is O=C(O)Cc1csc(Cc2cc(Cl)ccc2O)n1. The van der Waals surface area contributed by atoms with Crippen LogP contribution in [0.3, 0.4) is 0 Å². The van der Waals surface area contributed by atoms with Crippen LogP contribution in [0.15, 0.2) is 23.6 Å². The summed E-state index contributed by atoms with van der Waals surface area (Å²) >= 11 is 7.22. The molecule has 2 N–H and O–H groups in total. The highest BCUT2D eigenvalue weighted by Crippen LogP contribution is 2.25. The van der Waals surface area contributed by atoms with Crippen molar-refractivity contribution >= 4 is 28.9 Å². The lowest BCUT2D eigenvalue weighted by atomic mass is 10.1. The van der Waals surface area contributed by atoms with E-state index in [2.05, 4.69) is 4.98 Å². The molecule has 2 aromatic rings. The smallest absolute Gasteiger partial charge is 0.309 e. The van der Waals surface area contributed by atoms with Crippen LogP contribution >= 0.6 is 22.9 Å². The fourth-order valence-electron chi connectivity index (χ4n) is 1.52. The minimum absolute atomic E-state index is 0.0853. The molecule has 4 nitrogen and oxygen atoms in total. The summed E-state index contributed by atoms with van der Waals surface area (Å²) in [6.45, 7) is 0. The van der Waals surface area contributed by atoms with Crippen molar-refractivity contribution in [2.45, 2.75) is 12.8 Å². The Bertz CT molecular complexity index is 582.